The summed E-state index contributed by atoms with van der Waals surface area (Å²) in [6.45, 7) is -0.114. The van der Waals surface area contributed by atoms with E-state index in [1.54, 1.807) is 60.7 Å². The van der Waals surface area contributed by atoms with Gasteiger partial charge in [-0.05, 0) is 70.7 Å². The average molecular weight is 401 g/mol. The maximum atomic E-state index is 12.0. The molecule has 3 aromatic carbocycles. The molecule has 1 unspecified atom stereocenters. The summed E-state index contributed by atoms with van der Waals surface area (Å²) in [6, 6.07) is 20.6. The van der Waals surface area contributed by atoms with Gasteiger partial charge in [0, 0.05) is 15.6 Å². The highest BCUT2D eigenvalue weighted by Gasteiger charge is 2.05. The van der Waals surface area contributed by atoms with Crippen molar-refractivity contribution in [3.05, 3.63) is 77.8 Å². The number of carbonyl (C=O) groups is 1. The normalized spacial score (nSPS) is 11.6. The summed E-state index contributed by atoms with van der Waals surface area (Å²) in [5.41, 5.74) is 2.43. The molecule has 7 heteroatoms. The van der Waals surface area contributed by atoms with E-state index in [4.69, 9.17) is 16.3 Å². The molecule has 0 saturated heterocycles. The number of rotatable bonds is 6. The van der Waals surface area contributed by atoms with Crippen LogP contribution in [0, 0.1) is 0 Å². The molecule has 27 heavy (non-hydrogen) atoms. The molecule has 1 N–H and O–H groups in total. The van der Waals surface area contributed by atoms with Gasteiger partial charge in [-0.1, -0.05) is 35.9 Å². The monoisotopic (exact) mass is 400 g/mol. The second-order valence-corrected chi connectivity index (χ2v) is 7.00. The van der Waals surface area contributed by atoms with Crippen LogP contribution >= 0.6 is 11.6 Å². The number of hydrogen-bond donors (Lipinski definition) is 1. The Bertz CT molecular complexity index is 941. The summed E-state index contributed by atoms with van der Waals surface area (Å²) >= 11 is 3.56. The van der Waals surface area contributed by atoms with E-state index in [1.165, 1.54) is 0 Å². The van der Waals surface area contributed by atoms with Gasteiger partial charge in [0.15, 0.2) is 6.61 Å². The SMILES string of the molecule is O=C(COc1ccc(Cl)cc1)Nc1ccc(-c2ccc(S(=O)[O-])cc2)cc1. The number of anilines is 1. The molecule has 0 heterocycles. The first-order valence-corrected chi connectivity index (χ1v) is 9.44. The van der Waals surface area contributed by atoms with Gasteiger partial charge in [0.1, 0.15) is 5.75 Å². The van der Waals surface area contributed by atoms with E-state index in [0.29, 0.717) is 16.5 Å². The fourth-order valence-electron chi connectivity index (χ4n) is 2.38. The third kappa shape index (κ3) is 5.40. The van der Waals surface area contributed by atoms with E-state index in [1.807, 2.05) is 12.1 Å². The number of ether oxygens (including phenoxy) is 1. The Kier molecular flexibility index (Phi) is 6.24. The van der Waals surface area contributed by atoms with Crippen molar-refractivity contribution < 1.29 is 18.3 Å². The van der Waals surface area contributed by atoms with Gasteiger partial charge in [-0.25, -0.2) is 0 Å². The number of hydrogen-bond acceptors (Lipinski definition) is 4. The summed E-state index contributed by atoms with van der Waals surface area (Å²) in [7, 11) is 0. The van der Waals surface area contributed by atoms with E-state index in [9.17, 15) is 13.6 Å². The zero-order valence-electron chi connectivity index (χ0n) is 14.1. The van der Waals surface area contributed by atoms with Crippen molar-refractivity contribution >= 4 is 34.3 Å². The van der Waals surface area contributed by atoms with Crippen LogP contribution in [-0.4, -0.2) is 21.3 Å². The van der Waals surface area contributed by atoms with E-state index < -0.39 is 11.1 Å². The molecule has 0 fully saturated rings. The van der Waals surface area contributed by atoms with Crippen molar-refractivity contribution in [3.63, 3.8) is 0 Å². The smallest absolute Gasteiger partial charge is 0.262 e. The molecule has 0 aromatic heterocycles. The van der Waals surface area contributed by atoms with Gasteiger partial charge in [-0.15, -0.1) is 0 Å². The fraction of sp³-hybridized carbons (Fsp3) is 0.0500. The van der Waals surface area contributed by atoms with Crippen molar-refractivity contribution in [3.8, 4) is 16.9 Å². The first-order valence-electron chi connectivity index (χ1n) is 7.99. The molecule has 5 nitrogen and oxygen atoms in total. The maximum Gasteiger partial charge on any atom is 0.262 e. The molecular formula is C20H15ClNO4S-. The maximum absolute atomic E-state index is 12.0. The lowest BCUT2D eigenvalue weighted by Crippen LogP contribution is -2.20. The molecule has 0 spiro atoms. The zero-order valence-corrected chi connectivity index (χ0v) is 15.6. The second-order valence-electron chi connectivity index (χ2n) is 5.63. The Balaban J connectivity index is 1.57. The number of benzene rings is 3. The highest BCUT2D eigenvalue weighted by Crippen LogP contribution is 2.22. The topological polar surface area (TPSA) is 78.5 Å². The van der Waals surface area contributed by atoms with Crippen molar-refractivity contribution in [1.82, 2.24) is 0 Å². The van der Waals surface area contributed by atoms with Crippen LogP contribution in [0.5, 0.6) is 5.75 Å². The first-order chi connectivity index (χ1) is 13.0. The summed E-state index contributed by atoms with van der Waals surface area (Å²) in [5, 5.41) is 3.35. The standard InChI is InChI=1S/C20H16ClNO4S/c21-16-5-9-18(10-6-16)26-13-20(23)22-17-7-1-14(2-8-17)15-3-11-19(12-4-15)27(24)25/h1-12H,13H2,(H,22,23)(H,24,25)/p-1. The van der Waals surface area contributed by atoms with Crippen LogP contribution in [0.3, 0.4) is 0 Å². The number of nitrogens with one attached hydrogen (secondary N) is 1. The Morgan fingerprint density at radius 3 is 2.04 bits per heavy atom. The van der Waals surface area contributed by atoms with Gasteiger partial charge in [0.2, 0.25) is 0 Å². The molecule has 1 atom stereocenters. The Morgan fingerprint density at radius 2 is 1.48 bits per heavy atom. The molecular weight excluding hydrogens is 386 g/mol. The van der Waals surface area contributed by atoms with Gasteiger partial charge in [0.05, 0.1) is 0 Å². The van der Waals surface area contributed by atoms with Crippen LogP contribution in [0.25, 0.3) is 11.1 Å². The van der Waals surface area contributed by atoms with Gasteiger partial charge in [-0.3, -0.25) is 9.00 Å². The lowest BCUT2D eigenvalue weighted by Gasteiger charge is -2.09. The van der Waals surface area contributed by atoms with Gasteiger partial charge in [0.25, 0.3) is 5.91 Å². The lowest BCUT2D eigenvalue weighted by atomic mass is 10.1. The number of amides is 1. The largest absolute Gasteiger partial charge is 0.768 e. The highest BCUT2D eigenvalue weighted by atomic mass is 35.5. The highest BCUT2D eigenvalue weighted by molar-refractivity contribution is 7.79. The van der Waals surface area contributed by atoms with Crippen LogP contribution < -0.4 is 10.1 Å². The predicted octanol–water partition coefficient (Wildman–Crippen LogP) is 4.26. The predicted molar refractivity (Wildman–Crippen MR) is 105 cm³/mol. The molecule has 0 bridgehead atoms. The minimum absolute atomic E-state index is 0.114. The quantitative estimate of drug-likeness (QED) is 0.627. The van der Waals surface area contributed by atoms with Crippen molar-refractivity contribution in [1.29, 1.82) is 0 Å². The van der Waals surface area contributed by atoms with Crippen molar-refractivity contribution in [2.24, 2.45) is 0 Å². The number of halogens is 1. The van der Waals surface area contributed by atoms with Crippen LogP contribution in [0.15, 0.2) is 77.7 Å². The Morgan fingerprint density at radius 1 is 0.926 bits per heavy atom. The van der Waals surface area contributed by atoms with E-state index in [2.05, 4.69) is 5.32 Å². The van der Waals surface area contributed by atoms with Gasteiger partial charge < -0.3 is 14.6 Å². The van der Waals surface area contributed by atoms with Crippen molar-refractivity contribution in [2.75, 3.05) is 11.9 Å². The summed E-state index contributed by atoms with van der Waals surface area (Å²) in [5.74, 6) is 0.285. The van der Waals surface area contributed by atoms with Gasteiger partial charge in [-0.2, -0.15) is 0 Å². The Hall–Kier alpha value is -2.67. The molecule has 0 aliphatic carbocycles. The summed E-state index contributed by atoms with van der Waals surface area (Å²) in [4.78, 5) is 12.2. The molecule has 1 amide bonds. The van der Waals surface area contributed by atoms with Crippen LogP contribution in [0.2, 0.25) is 5.02 Å². The minimum atomic E-state index is -2.24. The third-order valence-corrected chi connectivity index (χ3v) is 4.64. The Labute approximate surface area is 164 Å². The molecule has 0 saturated carbocycles. The first kappa shape index (κ1) is 19.1. The van der Waals surface area contributed by atoms with E-state index >= 15 is 0 Å². The molecule has 3 aromatic rings. The van der Waals surface area contributed by atoms with E-state index in [-0.39, 0.29) is 17.4 Å². The zero-order chi connectivity index (χ0) is 19.2. The molecule has 3 rings (SSSR count). The van der Waals surface area contributed by atoms with Gasteiger partial charge >= 0.3 is 0 Å². The minimum Gasteiger partial charge on any atom is -0.768 e. The summed E-state index contributed by atoms with van der Waals surface area (Å²) in [6.07, 6.45) is 0. The molecule has 138 valence electrons. The molecule has 0 aliphatic rings. The van der Waals surface area contributed by atoms with E-state index in [0.717, 1.165) is 11.1 Å². The van der Waals surface area contributed by atoms with Crippen LogP contribution in [0.4, 0.5) is 5.69 Å². The molecule has 0 radical (unpaired) electrons. The lowest BCUT2D eigenvalue weighted by molar-refractivity contribution is -0.118. The van der Waals surface area contributed by atoms with Crippen LogP contribution in [-0.2, 0) is 15.9 Å². The van der Waals surface area contributed by atoms with Crippen molar-refractivity contribution in [2.45, 2.75) is 4.90 Å². The third-order valence-electron chi connectivity index (χ3n) is 3.73. The fourth-order valence-corrected chi connectivity index (χ4v) is 2.87. The second kappa shape index (κ2) is 8.81. The average Bonchev–Trinajstić information content (AvgIpc) is 2.68. The summed E-state index contributed by atoms with van der Waals surface area (Å²) < 4.78 is 27.2. The number of carbonyl (C=O) groups excluding carboxylic acids is 1. The van der Waals surface area contributed by atoms with Crippen LogP contribution in [0.1, 0.15) is 0 Å². The molecule has 0 aliphatic heterocycles.